The zero-order valence-electron chi connectivity index (χ0n) is 30.5. The maximum absolute atomic E-state index is 9.87. The number of nitrogens with zero attached hydrogens (tertiary/aromatic N) is 2. The molecule has 0 unspecified atom stereocenters. The molecular formula is C43H54N2O6S. The number of hydrogen-bond acceptors (Lipinski definition) is 9. The Morgan fingerprint density at radius 3 is 2.58 bits per heavy atom. The van der Waals surface area contributed by atoms with Gasteiger partial charge in [-0.2, -0.15) is 0 Å². The van der Waals surface area contributed by atoms with Crippen LogP contribution in [0.4, 0.5) is 0 Å². The van der Waals surface area contributed by atoms with E-state index >= 15 is 0 Å². The number of benzene rings is 3. The third-order valence-electron chi connectivity index (χ3n) is 11.1. The summed E-state index contributed by atoms with van der Waals surface area (Å²) in [6.45, 7) is 11.1. The number of unbranched alkanes of at least 4 members (excludes halogenated alkanes) is 2. The van der Waals surface area contributed by atoms with Crippen LogP contribution in [0, 0.1) is 17.8 Å². The fourth-order valence-corrected chi connectivity index (χ4v) is 9.99. The normalized spacial score (nSPS) is 27.0. The Kier molecular flexibility index (Phi) is 12.2. The molecule has 2 aliphatic heterocycles. The molecule has 2 aliphatic carbocycles. The summed E-state index contributed by atoms with van der Waals surface area (Å²) in [6, 6.07) is 21.5. The summed E-state index contributed by atoms with van der Waals surface area (Å²) in [6.07, 6.45) is 10.1. The third-order valence-corrected chi connectivity index (χ3v) is 12.4. The van der Waals surface area contributed by atoms with Gasteiger partial charge in [0.2, 0.25) is 5.79 Å². The topological polar surface area (TPSA) is 92.8 Å². The lowest BCUT2D eigenvalue weighted by Gasteiger charge is -2.58. The third kappa shape index (κ3) is 7.94. The number of ether oxygens (including phenoxy) is 3. The van der Waals surface area contributed by atoms with Crippen molar-refractivity contribution in [1.82, 2.24) is 4.90 Å². The molecule has 1 saturated carbocycles. The molecule has 52 heavy (non-hydrogen) atoms. The number of rotatable bonds is 19. The van der Waals surface area contributed by atoms with Crippen LogP contribution in [0.1, 0.15) is 63.4 Å². The predicted molar refractivity (Wildman–Crippen MR) is 208 cm³/mol. The van der Waals surface area contributed by atoms with E-state index in [0.717, 1.165) is 91.4 Å². The van der Waals surface area contributed by atoms with Crippen molar-refractivity contribution in [1.29, 1.82) is 0 Å². The van der Waals surface area contributed by atoms with Crippen molar-refractivity contribution < 1.29 is 29.3 Å². The molecule has 2 N–H and O–H groups in total. The Morgan fingerprint density at radius 1 is 1.00 bits per heavy atom. The molecule has 3 aromatic carbocycles. The highest BCUT2D eigenvalue weighted by molar-refractivity contribution is 8.00. The van der Waals surface area contributed by atoms with Gasteiger partial charge in [-0.3, -0.25) is 4.90 Å². The highest BCUT2D eigenvalue weighted by Crippen LogP contribution is 2.63. The highest BCUT2D eigenvalue weighted by Gasteiger charge is 2.64. The van der Waals surface area contributed by atoms with Gasteiger partial charge in [0, 0.05) is 55.6 Å². The van der Waals surface area contributed by atoms with E-state index in [9.17, 15) is 10.2 Å². The fourth-order valence-electron chi connectivity index (χ4n) is 8.65. The first-order chi connectivity index (χ1) is 25.6. The van der Waals surface area contributed by atoms with Crippen LogP contribution in [-0.2, 0) is 9.57 Å². The van der Waals surface area contributed by atoms with Crippen LogP contribution >= 0.6 is 11.8 Å². The minimum Gasteiger partial charge on any atom is -0.492 e. The lowest BCUT2D eigenvalue weighted by Crippen LogP contribution is -2.64. The smallest absolute Gasteiger partial charge is 0.231 e. The standard InChI is InChI=1S/C43H54N2O6S/c1-3-24-49-43-40(52-34-17-15-30-11-5-6-12-31(30)26-34)29-38(44-50-4-2)36-27-32(13-7-9-22-46)35(14-8-10-23-47)41(42(36)43)37-28-33(16-18-39(37)51-43)48-25-21-45-19-20-45/h3,5-6,11-12,15-18,26-28,32,35,40-42,46-47H,1,4,7-10,13-14,19-25,29H2,2H3/t32-,35+,40-,41+,42+,43+/m0/s1. The first-order valence-corrected chi connectivity index (χ1v) is 20.2. The maximum Gasteiger partial charge on any atom is 0.231 e. The van der Waals surface area contributed by atoms with E-state index in [1.54, 1.807) is 11.8 Å². The van der Waals surface area contributed by atoms with Crippen molar-refractivity contribution in [3.05, 3.63) is 90.5 Å². The van der Waals surface area contributed by atoms with E-state index in [2.05, 4.69) is 72.2 Å². The molecule has 3 aromatic rings. The summed E-state index contributed by atoms with van der Waals surface area (Å²) in [5.41, 5.74) is 3.24. The summed E-state index contributed by atoms with van der Waals surface area (Å²) < 4.78 is 20.8. The van der Waals surface area contributed by atoms with Gasteiger partial charge < -0.3 is 29.3 Å². The second kappa shape index (κ2) is 17.2. The first kappa shape index (κ1) is 37.0. The minimum absolute atomic E-state index is 0.0361. The molecule has 1 saturated heterocycles. The van der Waals surface area contributed by atoms with Crippen molar-refractivity contribution >= 4 is 28.2 Å². The van der Waals surface area contributed by atoms with Crippen LogP contribution in [0.2, 0.25) is 0 Å². The van der Waals surface area contributed by atoms with Crippen molar-refractivity contribution in [2.75, 3.05) is 52.7 Å². The predicted octanol–water partition coefficient (Wildman–Crippen LogP) is 7.98. The number of aliphatic hydroxyl groups excluding tert-OH is 2. The molecule has 8 nitrogen and oxygen atoms in total. The average Bonchev–Trinajstić information content (AvgIpc) is 4.00. The van der Waals surface area contributed by atoms with Gasteiger partial charge in [-0.05, 0) is 91.1 Å². The monoisotopic (exact) mass is 726 g/mol. The van der Waals surface area contributed by atoms with Crippen molar-refractivity contribution in [2.24, 2.45) is 22.9 Å². The molecule has 0 aromatic heterocycles. The number of fused-ring (bicyclic) bond motifs is 3. The zero-order chi connectivity index (χ0) is 35.9. The number of aliphatic hydroxyl groups is 2. The summed E-state index contributed by atoms with van der Waals surface area (Å²) in [4.78, 5) is 9.38. The molecule has 4 aliphatic rings. The Morgan fingerprint density at radius 2 is 1.81 bits per heavy atom. The lowest BCUT2D eigenvalue weighted by atomic mass is 9.56. The molecule has 7 rings (SSSR count). The summed E-state index contributed by atoms with van der Waals surface area (Å²) in [5.74, 6) is 1.02. The van der Waals surface area contributed by atoms with Gasteiger partial charge in [0.05, 0.1) is 23.5 Å². The van der Waals surface area contributed by atoms with Crippen LogP contribution in [0.25, 0.3) is 10.8 Å². The lowest BCUT2D eigenvalue weighted by molar-refractivity contribution is -0.223. The molecule has 0 amide bonds. The molecule has 2 heterocycles. The zero-order valence-corrected chi connectivity index (χ0v) is 31.3. The SMILES string of the molecule is C=CCO[C@@]12Oc3ccc(OCCN4CC4)cc3[C@H]3[C@H](CCCCO)[C@@H](CCCCO)C=C(C(=NOCC)C[C@@H]1Sc1ccc4ccccc4c1)[C@H]32. The Balaban J connectivity index is 1.38. The van der Waals surface area contributed by atoms with Gasteiger partial charge in [-0.1, -0.05) is 60.5 Å². The molecule has 9 heteroatoms. The molecule has 0 bridgehead atoms. The van der Waals surface area contributed by atoms with Crippen LogP contribution in [0.3, 0.4) is 0 Å². The van der Waals surface area contributed by atoms with E-state index in [-0.39, 0.29) is 42.1 Å². The van der Waals surface area contributed by atoms with Crippen LogP contribution in [0.15, 0.2) is 95.0 Å². The van der Waals surface area contributed by atoms with E-state index in [1.807, 2.05) is 19.1 Å². The molecular weight excluding hydrogens is 673 g/mol. The highest BCUT2D eigenvalue weighted by atomic mass is 32.2. The van der Waals surface area contributed by atoms with Gasteiger partial charge >= 0.3 is 0 Å². The molecule has 0 spiro atoms. The van der Waals surface area contributed by atoms with Gasteiger partial charge in [0.15, 0.2) is 0 Å². The minimum atomic E-state index is -1.02. The Hall–Kier alpha value is -3.34. The van der Waals surface area contributed by atoms with Crippen LogP contribution < -0.4 is 9.47 Å². The van der Waals surface area contributed by atoms with E-state index < -0.39 is 5.79 Å². The number of oxime groups is 1. The van der Waals surface area contributed by atoms with Gasteiger partial charge in [-0.15, -0.1) is 18.3 Å². The number of hydrogen-bond donors (Lipinski definition) is 2. The summed E-state index contributed by atoms with van der Waals surface area (Å²) >= 11 is 1.79. The van der Waals surface area contributed by atoms with E-state index in [0.29, 0.717) is 26.2 Å². The van der Waals surface area contributed by atoms with Crippen molar-refractivity contribution in [3.8, 4) is 11.5 Å². The largest absolute Gasteiger partial charge is 0.492 e. The summed E-state index contributed by atoms with van der Waals surface area (Å²) in [7, 11) is 0. The second-order valence-electron chi connectivity index (χ2n) is 14.5. The van der Waals surface area contributed by atoms with Crippen molar-refractivity contribution in [3.63, 3.8) is 0 Å². The Labute approximate surface area is 312 Å². The van der Waals surface area contributed by atoms with Gasteiger partial charge in [0.1, 0.15) is 24.7 Å². The second-order valence-corrected chi connectivity index (χ2v) is 15.8. The van der Waals surface area contributed by atoms with Gasteiger partial charge in [0.25, 0.3) is 0 Å². The number of allylic oxidation sites excluding steroid dienone is 1. The quantitative estimate of drug-likeness (QED) is 0.0557. The fraction of sp³-hybridized carbons (Fsp3) is 0.512. The Bertz CT molecular complexity index is 1740. The van der Waals surface area contributed by atoms with Crippen molar-refractivity contribution in [2.45, 2.75) is 73.7 Å². The van der Waals surface area contributed by atoms with Crippen LogP contribution in [-0.4, -0.2) is 84.5 Å². The maximum atomic E-state index is 9.87. The molecule has 2 fully saturated rings. The van der Waals surface area contributed by atoms with E-state index in [1.165, 1.54) is 10.8 Å². The summed E-state index contributed by atoms with van der Waals surface area (Å²) in [5, 5.41) is 26.7. The van der Waals surface area contributed by atoms with Gasteiger partial charge in [-0.25, -0.2) is 0 Å². The molecule has 6 atom stereocenters. The number of thioether (sulfide) groups is 1. The molecule has 278 valence electrons. The van der Waals surface area contributed by atoms with E-state index in [4.69, 9.17) is 24.2 Å². The molecule has 0 radical (unpaired) electrons. The first-order valence-electron chi connectivity index (χ1n) is 19.3. The van der Waals surface area contributed by atoms with Crippen LogP contribution in [0.5, 0.6) is 11.5 Å². The average molecular weight is 727 g/mol.